The summed E-state index contributed by atoms with van der Waals surface area (Å²) < 4.78 is 13.3. The van der Waals surface area contributed by atoms with Crippen LogP contribution in [-0.4, -0.2) is 89.0 Å². The van der Waals surface area contributed by atoms with Gasteiger partial charge in [0.2, 0.25) is 0 Å². The van der Waals surface area contributed by atoms with Gasteiger partial charge in [-0.25, -0.2) is 20.1 Å². The highest BCUT2D eigenvalue weighted by Gasteiger charge is 2.33. The van der Waals surface area contributed by atoms with Crippen LogP contribution in [0.15, 0.2) is 24.3 Å². The molecule has 3 N–H and O–H groups in total. The maximum absolute atomic E-state index is 13.3. The predicted octanol–water partition coefficient (Wildman–Crippen LogP) is -2.29. The number of carbonyl (C=O) groups is 7. The van der Waals surface area contributed by atoms with Crippen LogP contribution in [0.1, 0.15) is 19.3 Å². The number of hydroxylamine groups is 2. The van der Waals surface area contributed by atoms with Crippen molar-refractivity contribution in [1.82, 2.24) is 30.1 Å². The van der Waals surface area contributed by atoms with Crippen LogP contribution in [0.25, 0.3) is 0 Å². The molecule has 0 saturated carbocycles. The minimum atomic E-state index is -3.67. The first kappa shape index (κ1) is 26.1. The van der Waals surface area contributed by atoms with Gasteiger partial charge in [0.05, 0.1) is 6.42 Å². The summed E-state index contributed by atoms with van der Waals surface area (Å²) >= 11 is 0. The summed E-state index contributed by atoms with van der Waals surface area (Å²) in [5.41, 5.74) is 0. The predicted molar refractivity (Wildman–Crippen MR) is 115 cm³/mol. The van der Waals surface area contributed by atoms with E-state index in [0.717, 1.165) is 34.1 Å². The van der Waals surface area contributed by atoms with Crippen LogP contribution in [0, 0.1) is 0 Å². The van der Waals surface area contributed by atoms with Crippen molar-refractivity contribution in [1.29, 1.82) is 0 Å². The normalized spacial score (nSPS) is 18.1. The number of rotatable bonds is 13. The van der Waals surface area contributed by atoms with Gasteiger partial charge in [-0.15, -0.1) is 5.06 Å². The number of hydrogen-bond donors (Lipinski definition) is 3. The van der Waals surface area contributed by atoms with E-state index in [1.54, 1.807) is 0 Å². The van der Waals surface area contributed by atoms with Gasteiger partial charge in [0, 0.05) is 69.9 Å². The van der Waals surface area contributed by atoms with Crippen molar-refractivity contribution in [2.45, 2.75) is 19.3 Å². The van der Waals surface area contributed by atoms with Gasteiger partial charge in [-0.3, -0.25) is 43.1 Å². The quantitative estimate of drug-likeness (QED) is 0.178. The molecule has 3 rings (SSSR count). The molecular weight excluding hydrogens is 487 g/mol. The standard InChI is InChI=1S/C19H23N6O9P/c26-13-1-2-14(27)23(13)11-9-21-35(33,22-10-12-24-15(28)3-4-16(24)29)20-8-7-19(32)34-25-17(30)5-6-18(25)31/h1-4H,5-12H2,(H3,20,21,22,33). The molecule has 6 amide bonds. The van der Waals surface area contributed by atoms with Crippen LogP contribution in [0.4, 0.5) is 0 Å². The Hall–Kier alpha value is -3.52. The van der Waals surface area contributed by atoms with Gasteiger partial charge in [0.1, 0.15) is 0 Å². The Kier molecular flexibility index (Phi) is 8.40. The topological polar surface area (TPSA) is 192 Å². The number of nitrogens with one attached hydrogen (secondary N) is 3. The number of hydrogen-bond acceptors (Lipinski definition) is 9. The maximum Gasteiger partial charge on any atom is 0.334 e. The molecule has 3 heterocycles. The van der Waals surface area contributed by atoms with Gasteiger partial charge in [-0.1, -0.05) is 0 Å². The molecule has 1 fully saturated rings. The molecule has 1 saturated heterocycles. The van der Waals surface area contributed by atoms with Crippen LogP contribution in [0.2, 0.25) is 0 Å². The van der Waals surface area contributed by atoms with Gasteiger partial charge in [-0.05, 0) is 0 Å². The minimum Gasteiger partial charge on any atom is -0.330 e. The average Bonchev–Trinajstić information content (AvgIpc) is 3.42. The molecule has 0 aliphatic carbocycles. The summed E-state index contributed by atoms with van der Waals surface area (Å²) in [6.45, 7) is -0.557. The zero-order valence-corrected chi connectivity index (χ0v) is 19.3. The van der Waals surface area contributed by atoms with Crippen LogP contribution in [0.5, 0.6) is 0 Å². The first-order chi connectivity index (χ1) is 16.6. The van der Waals surface area contributed by atoms with Crippen LogP contribution in [0.3, 0.4) is 0 Å². The molecule has 0 aromatic rings. The van der Waals surface area contributed by atoms with Gasteiger partial charge >= 0.3 is 5.97 Å². The van der Waals surface area contributed by atoms with Gasteiger partial charge in [0.25, 0.3) is 43.0 Å². The molecule has 16 heteroatoms. The summed E-state index contributed by atoms with van der Waals surface area (Å²) in [7, 11) is -3.67. The van der Waals surface area contributed by atoms with E-state index >= 15 is 0 Å². The van der Waals surface area contributed by atoms with E-state index in [1.165, 1.54) is 0 Å². The highest BCUT2D eigenvalue weighted by molar-refractivity contribution is 7.57. The highest BCUT2D eigenvalue weighted by atomic mass is 31.2. The summed E-state index contributed by atoms with van der Waals surface area (Å²) in [5, 5.41) is 8.32. The molecule has 15 nitrogen and oxygen atoms in total. The van der Waals surface area contributed by atoms with Crippen molar-refractivity contribution in [2.75, 3.05) is 32.7 Å². The third kappa shape index (κ3) is 6.76. The highest BCUT2D eigenvalue weighted by Crippen LogP contribution is 2.29. The van der Waals surface area contributed by atoms with E-state index in [-0.39, 0.29) is 52.0 Å². The zero-order chi connectivity index (χ0) is 25.6. The maximum atomic E-state index is 13.3. The molecule has 0 aromatic carbocycles. The van der Waals surface area contributed by atoms with Crippen molar-refractivity contribution in [3.8, 4) is 0 Å². The number of amides is 6. The van der Waals surface area contributed by atoms with E-state index in [9.17, 15) is 38.1 Å². The lowest BCUT2D eigenvalue weighted by atomic mass is 10.4. The number of imide groups is 3. The Labute approximate surface area is 198 Å². The monoisotopic (exact) mass is 510 g/mol. The smallest absolute Gasteiger partial charge is 0.330 e. The second-order valence-electron chi connectivity index (χ2n) is 7.45. The second kappa shape index (κ2) is 11.3. The molecule has 3 aliphatic heterocycles. The second-order valence-corrected chi connectivity index (χ2v) is 9.62. The molecule has 0 radical (unpaired) electrons. The Bertz CT molecular complexity index is 967. The van der Waals surface area contributed by atoms with E-state index in [4.69, 9.17) is 4.84 Å². The first-order valence-electron chi connectivity index (χ1n) is 10.6. The molecular formula is C19H23N6O9P. The van der Waals surface area contributed by atoms with E-state index in [0.29, 0.717) is 5.06 Å². The lowest BCUT2D eigenvalue weighted by Crippen LogP contribution is -2.42. The molecule has 35 heavy (non-hydrogen) atoms. The summed E-state index contributed by atoms with van der Waals surface area (Å²) in [6, 6.07) is 0. The van der Waals surface area contributed by atoms with Crippen LogP contribution < -0.4 is 15.3 Å². The first-order valence-corrected chi connectivity index (χ1v) is 12.3. The van der Waals surface area contributed by atoms with E-state index < -0.39 is 49.0 Å². The fourth-order valence-corrected chi connectivity index (χ4v) is 4.82. The fourth-order valence-electron chi connectivity index (χ4n) is 3.23. The van der Waals surface area contributed by atoms with Gasteiger partial charge in [0.15, 0.2) is 0 Å². The molecule has 188 valence electrons. The van der Waals surface area contributed by atoms with Crippen LogP contribution >= 0.6 is 7.59 Å². The van der Waals surface area contributed by atoms with Gasteiger partial charge in [-0.2, -0.15) is 0 Å². The largest absolute Gasteiger partial charge is 0.334 e. The average molecular weight is 510 g/mol. The summed E-state index contributed by atoms with van der Waals surface area (Å²) in [4.78, 5) is 88.3. The lowest BCUT2D eigenvalue weighted by Gasteiger charge is -2.24. The zero-order valence-electron chi connectivity index (χ0n) is 18.4. The number of nitrogens with zero attached hydrogens (tertiary/aromatic N) is 3. The number of carbonyl (C=O) groups excluding carboxylic acids is 7. The lowest BCUT2D eigenvalue weighted by molar-refractivity contribution is -0.197. The summed E-state index contributed by atoms with van der Waals surface area (Å²) in [5.74, 6) is -4.23. The third-order valence-electron chi connectivity index (χ3n) is 5.00. The molecule has 0 spiro atoms. The molecule has 0 aromatic heterocycles. The summed E-state index contributed by atoms with van der Waals surface area (Å²) in [6.07, 6.45) is 3.97. The molecule has 0 unspecified atom stereocenters. The Morgan fingerprint density at radius 3 is 1.57 bits per heavy atom. The molecule has 0 bridgehead atoms. The van der Waals surface area contributed by atoms with Crippen molar-refractivity contribution >= 4 is 49.0 Å². The Morgan fingerprint density at radius 1 is 0.743 bits per heavy atom. The van der Waals surface area contributed by atoms with Gasteiger partial charge < -0.3 is 4.84 Å². The van der Waals surface area contributed by atoms with Crippen LogP contribution in [-0.2, 0) is 43.0 Å². The Balaban J connectivity index is 1.51. The van der Waals surface area contributed by atoms with Crippen molar-refractivity contribution in [3.63, 3.8) is 0 Å². The minimum absolute atomic E-state index is 0.0531. The molecule has 0 atom stereocenters. The molecule has 3 aliphatic rings. The van der Waals surface area contributed by atoms with Crippen molar-refractivity contribution in [3.05, 3.63) is 24.3 Å². The van der Waals surface area contributed by atoms with E-state index in [2.05, 4.69) is 15.3 Å². The van der Waals surface area contributed by atoms with Crippen molar-refractivity contribution in [2.24, 2.45) is 0 Å². The Morgan fingerprint density at radius 2 is 1.14 bits per heavy atom. The van der Waals surface area contributed by atoms with E-state index in [1.807, 2.05) is 0 Å². The SMILES string of the molecule is O=C(CCNP(=O)(NCCN1C(=O)C=CC1=O)NCCN1C(=O)C=CC1=O)ON1C(=O)CCC1=O. The third-order valence-corrected chi connectivity index (χ3v) is 7.01. The fraction of sp³-hybridized carbons (Fsp3) is 0.421. The van der Waals surface area contributed by atoms with Crippen molar-refractivity contribution < 1.29 is 43.0 Å².